The van der Waals surface area contributed by atoms with Gasteiger partial charge in [0.05, 0.1) is 25.4 Å². The number of anilines is 1. The maximum Gasteiger partial charge on any atom is 0.193 e. The van der Waals surface area contributed by atoms with Gasteiger partial charge in [0.15, 0.2) is 11.8 Å². The molecule has 0 aliphatic heterocycles. The monoisotopic (exact) mass is 380 g/mol. The quantitative estimate of drug-likeness (QED) is 0.460. The van der Waals surface area contributed by atoms with Gasteiger partial charge < -0.3 is 20.5 Å². The summed E-state index contributed by atoms with van der Waals surface area (Å²) < 4.78 is 12.9. The largest absolute Gasteiger partial charge is 0.494 e. The summed E-state index contributed by atoms with van der Waals surface area (Å²) in [5, 5.41) is 7.28. The van der Waals surface area contributed by atoms with Crippen LogP contribution in [-0.2, 0) is 6.54 Å². The van der Waals surface area contributed by atoms with Crippen LogP contribution in [-0.4, -0.2) is 33.9 Å². The number of aliphatic imine (C=N–C) groups is 1. The highest BCUT2D eigenvalue weighted by molar-refractivity contribution is 5.94. The molecule has 28 heavy (non-hydrogen) atoms. The van der Waals surface area contributed by atoms with Gasteiger partial charge in [0.25, 0.3) is 0 Å². The van der Waals surface area contributed by atoms with Crippen LogP contribution in [0.4, 0.5) is 5.69 Å². The fourth-order valence-corrected chi connectivity index (χ4v) is 2.59. The van der Waals surface area contributed by atoms with E-state index in [1.807, 2.05) is 56.4 Å². The number of guanidine groups is 1. The average Bonchev–Trinajstić information content (AvgIpc) is 3.24. The van der Waals surface area contributed by atoms with Crippen molar-refractivity contribution in [2.24, 2.45) is 10.7 Å². The molecule has 0 amide bonds. The Morgan fingerprint density at radius 1 is 1.14 bits per heavy atom. The van der Waals surface area contributed by atoms with Crippen molar-refractivity contribution >= 4 is 11.6 Å². The molecule has 1 aromatic carbocycles. The van der Waals surface area contributed by atoms with Crippen LogP contribution in [0.25, 0.3) is 5.82 Å². The van der Waals surface area contributed by atoms with E-state index in [0.29, 0.717) is 31.2 Å². The number of pyridine rings is 1. The van der Waals surface area contributed by atoms with Crippen LogP contribution < -0.4 is 20.5 Å². The molecular weight excluding hydrogens is 356 g/mol. The first kappa shape index (κ1) is 19.2. The van der Waals surface area contributed by atoms with Crippen LogP contribution in [0.2, 0.25) is 0 Å². The molecule has 8 nitrogen and oxygen atoms in total. The second-order valence-corrected chi connectivity index (χ2v) is 5.82. The molecule has 0 bridgehead atoms. The molecule has 0 atom stereocenters. The minimum Gasteiger partial charge on any atom is -0.494 e. The third-order valence-corrected chi connectivity index (χ3v) is 3.81. The Labute approximate surface area is 164 Å². The first-order valence-corrected chi connectivity index (χ1v) is 9.11. The molecule has 146 valence electrons. The number of nitrogens with two attached hydrogens (primary N) is 1. The van der Waals surface area contributed by atoms with Crippen LogP contribution in [0.1, 0.15) is 19.4 Å². The summed E-state index contributed by atoms with van der Waals surface area (Å²) in [6.07, 6.45) is 5.27. The standard InChI is InChI=1S/C20H24N6O2/c1-3-27-16-6-7-18(28-4-2)17(13-16)25-20(21)23-14-15-8-10-22-19(12-15)26-11-5-9-24-26/h5-13H,3-4,14H2,1-2H3,(H3,21,23,25). The fourth-order valence-electron chi connectivity index (χ4n) is 2.59. The predicted octanol–water partition coefficient (Wildman–Crippen LogP) is 2.99. The average molecular weight is 380 g/mol. The van der Waals surface area contributed by atoms with Crippen LogP contribution in [0, 0.1) is 0 Å². The Kier molecular flexibility index (Phi) is 6.46. The summed E-state index contributed by atoms with van der Waals surface area (Å²) in [7, 11) is 0. The first-order chi connectivity index (χ1) is 13.7. The number of hydrogen-bond acceptors (Lipinski definition) is 5. The zero-order valence-corrected chi connectivity index (χ0v) is 16.0. The second-order valence-electron chi connectivity index (χ2n) is 5.82. The van der Waals surface area contributed by atoms with Crippen molar-refractivity contribution in [2.45, 2.75) is 20.4 Å². The van der Waals surface area contributed by atoms with E-state index in [-0.39, 0.29) is 5.96 Å². The van der Waals surface area contributed by atoms with Crippen molar-refractivity contribution in [1.82, 2.24) is 14.8 Å². The maximum absolute atomic E-state index is 6.08. The first-order valence-electron chi connectivity index (χ1n) is 9.11. The summed E-state index contributed by atoms with van der Waals surface area (Å²) in [6.45, 7) is 5.40. The van der Waals surface area contributed by atoms with E-state index < -0.39 is 0 Å². The van der Waals surface area contributed by atoms with E-state index >= 15 is 0 Å². The zero-order chi connectivity index (χ0) is 19.8. The minimum atomic E-state index is 0.284. The Hall–Kier alpha value is -3.55. The van der Waals surface area contributed by atoms with Gasteiger partial charge in [-0.3, -0.25) is 0 Å². The van der Waals surface area contributed by atoms with Gasteiger partial charge in [0, 0.05) is 24.7 Å². The molecule has 0 aliphatic carbocycles. The molecule has 3 N–H and O–H groups in total. The van der Waals surface area contributed by atoms with Gasteiger partial charge in [0.1, 0.15) is 11.5 Å². The minimum absolute atomic E-state index is 0.284. The summed E-state index contributed by atoms with van der Waals surface area (Å²) in [4.78, 5) is 8.73. The van der Waals surface area contributed by atoms with E-state index in [0.717, 1.165) is 17.1 Å². The second kappa shape index (κ2) is 9.40. The van der Waals surface area contributed by atoms with Crippen molar-refractivity contribution in [3.8, 4) is 17.3 Å². The van der Waals surface area contributed by atoms with Gasteiger partial charge in [-0.25, -0.2) is 14.7 Å². The highest BCUT2D eigenvalue weighted by atomic mass is 16.5. The number of nitrogens with zero attached hydrogens (tertiary/aromatic N) is 4. The maximum atomic E-state index is 6.08. The SMILES string of the molecule is CCOc1ccc(OCC)c(NC(N)=NCc2ccnc(-n3cccn3)c2)c1. The lowest BCUT2D eigenvalue weighted by atomic mass is 10.2. The number of benzene rings is 1. The van der Waals surface area contributed by atoms with Crippen LogP contribution >= 0.6 is 0 Å². The lowest BCUT2D eigenvalue weighted by Gasteiger charge is -2.14. The third kappa shape index (κ3) is 5.00. The van der Waals surface area contributed by atoms with Gasteiger partial charge in [0.2, 0.25) is 0 Å². The number of aromatic nitrogens is 3. The molecule has 0 spiro atoms. The normalized spacial score (nSPS) is 11.3. The Bertz CT molecular complexity index is 924. The van der Waals surface area contributed by atoms with Crippen molar-refractivity contribution in [3.63, 3.8) is 0 Å². The molecule has 0 saturated heterocycles. The van der Waals surface area contributed by atoms with Gasteiger partial charge in [-0.1, -0.05) is 0 Å². The van der Waals surface area contributed by atoms with Crippen LogP contribution in [0.3, 0.4) is 0 Å². The molecule has 0 fully saturated rings. The molecule has 3 aromatic rings. The van der Waals surface area contributed by atoms with Crippen LogP contribution in [0.5, 0.6) is 11.5 Å². The van der Waals surface area contributed by atoms with E-state index in [1.165, 1.54) is 0 Å². The summed E-state index contributed by atoms with van der Waals surface area (Å²) in [5.41, 5.74) is 7.76. The van der Waals surface area contributed by atoms with E-state index in [1.54, 1.807) is 17.1 Å². The summed E-state index contributed by atoms with van der Waals surface area (Å²) >= 11 is 0. The Morgan fingerprint density at radius 2 is 2.00 bits per heavy atom. The number of rotatable bonds is 8. The molecule has 0 radical (unpaired) electrons. The molecule has 8 heteroatoms. The Balaban J connectivity index is 1.72. The van der Waals surface area contributed by atoms with Crippen molar-refractivity contribution in [1.29, 1.82) is 0 Å². The number of ether oxygens (including phenoxy) is 2. The van der Waals surface area contributed by atoms with E-state index in [9.17, 15) is 0 Å². The lowest BCUT2D eigenvalue weighted by molar-refractivity contribution is 0.332. The van der Waals surface area contributed by atoms with Crippen LogP contribution in [0.15, 0.2) is 60.0 Å². The Morgan fingerprint density at radius 3 is 2.75 bits per heavy atom. The molecule has 0 aliphatic rings. The summed E-state index contributed by atoms with van der Waals surface area (Å²) in [6, 6.07) is 11.2. The third-order valence-electron chi connectivity index (χ3n) is 3.81. The molecule has 0 saturated carbocycles. The lowest BCUT2D eigenvalue weighted by Crippen LogP contribution is -2.23. The van der Waals surface area contributed by atoms with Crippen molar-refractivity contribution < 1.29 is 9.47 Å². The van der Waals surface area contributed by atoms with Gasteiger partial charge in [-0.05, 0) is 49.7 Å². The molecule has 2 heterocycles. The number of nitrogens with one attached hydrogen (secondary N) is 1. The van der Waals surface area contributed by atoms with Gasteiger partial charge in [-0.2, -0.15) is 5.10 Å². The van der Waals surface area contributed by atoms with E-state index in [2.05, 4.69) is 20.4 Å². The molecule has 0 unspecified atom stereocenters. The smallest absolute Gasteiger partial charge is 0.193 e. The van der Waals surface area contributed by atoms with Crippen molar-refractivity contribution in [3.05, 3.63) is 60.6 Å². The molecule has 2 aromatic heterocycles. The summed E-state index contributed by atoms with van der Waals surface area (Å²) in [5.74, 6) is 2.44. The highest BCUT2D eigenvalue weighted by Gasteiger charge is 2.07. The number of hydrogen-bond donors (Lipinski definition) is 2. The highest BCUT2D eigenvalue weighted by Crippen LogP contribution is 2.29. The van der Waals surface area contributed by atoms with Gasteiger partial charge in [-0.15, -0.1) is 0 Å². The molecule has 3 rings (SSSR count). The van der Waals surface area contributed by atoms with E-state index in [4.69, 9.17) is 15.2 Å². The predicted molar refractivity (Wildman–Crippen MR) is 109 cm³/mol. The zero-order valence-electron chi connectivity index (χ0n) is 16.0. The van der Waals surface area contributed by atoms with Crippen molar-refractivity contribution in [2.75, 3.05) is 18.5 Å². The molecular formula is C20H24N6O2. The topological polar surface area (TPSA) is 99.6 Å². The fraction of sp³-hybridized carbons (Fsp3) is 0.250. The van der Waals surface area contributed by atoms with Gasteiger partial charge >= 0.3 is 0 Å².